The molecule has 1 atom stereocenters. The van der Waals surface area contributed by atoms with Crippen LogP contribution in [0.3, 0.4) is 0 Å². The van der Waals surface area contributed by atoms with Gasteiger partial charge in [0.25, 0.3) is 0 Å². The van der Waals surface area contributed by atoms with Gasteiger partial charge < -0.3 is 10.2 Å². The molecule has 0 bridgehead atoms. The Hall–Kier alpha value is -2.55. The number of nitrogens with zero attached hydrogens (tertiary/aromatic N) is 4. The lowest BCUT2D eigenvalue weighted by Gasteiger charge is -2.27. The minimum Gasteiger partial charge on any atom is -0.348 e. The molecule has 0 radical (unpaired) electrons. The Balaban J connectivity index is 1.43. The summed E-state index contributed by atoms with van der Waals surface area (Å²) in [6.07, 6.45) is 5.53. The summed E-state index contributed by atoms with van der Waals surface area (Å²) >= 11 is 3.61. The van der Waals surface area contributed by atoms with Crippen LogP contribution in [0.25, 0.3) is 0 Å². The first-order valence-corrected chi connectivity index (χ1v) is 10.4. The van der Waals surface area contributed by atoms with Crippen molar-refractivity contribution in [2.24, 2.45) is 0 Å². The van der Waals surface area contributed by atoms with E-state index in [2.05, 4.69) is 41.4 Å². The number of halogens is 3. The Labute approximate surface area is 174 Å². The standard InChI is InChI=1S/C20H19BrF2N6/c21-18-19(26-17-9-15(27-28-17)11-3-4-11)24-10-25-20(18)29-7-1-2-16(29)13-6-5-12(22)8-14(13)23/h5-6,8-11,16H,1-4,7H2,(H2,24,25,26,27,28). The fourth-order valence-electron chi connectivity index (χ4n) is 3.89. The van der Waals surface area contributed by atoms with Gasteiger partial charge in [-0.1, -0.05) is 6.07 Å². The number of aromatic amines is 1. The molecule has 3 heterocycles. The summed E-state index contributed by atoms with van der Waals surface area (Å²) in [5.74, 6) is 1.43. The molecule has 1 aliphatic carbocycles. The summed E-state index contributed by atoms with van der Waals surface area (Å²) in [4.78, 5) is 10.8. The van der Waals surface area contributed by atoms with Gasteiger partial charge in [0, 0.05) is 35.9 Å². The van der Waals surface area contributed by atoms with Crippen molar-refractivity contribution in [2.75, 3.05) is 16.8 Å². The maximum atomic E-state index is 14.4. The van der Waals surface area contributed by atoms with Crippen LogP contribution in [0.2, 0.25) is 0 Å². The Bertz CT molecular complexity index is 1050. The number of H-pyrrole nitrogens is 1. The zero-order chi connectivity index (χ0) is 20.0. The third kappa shape index (κ3) is 3.59. The Morgan fingerprint density at radius 1 is 1.14 bits per heavy atom. The van der Waals surface area contributed by atoms with E-state index in [9.17, 15) is 8.78 Å². The van der Waals surface area contributed by atoms with E-state index in [1.807, 2.05) is 11.0 Å². The molecule has 2 aromatic heterocycles. The lowest BCUT2D eigenvalue weighted by atomic mass is 10.0. The third-order valence-electron chi connectivity index (χ3n) is 5.48. The first-order valence-electron chi connectivity index (χ1n) is 9.64. The van der Waals surface area contributed by atoms with Gasteiger partial charge in [0.2, 0.25) is 0 Å². The predicted octanol–water partition coefficient (Wildman–Crippen LogP) is 5.20. The van der Waals surface area contributed by atoms with Crippen molar-refractivity contribution >= 4 is 33.4 Å². The molecule has 1 unspecified atom stereocenters. The smallest absolute Gasteiger partial charge is 0.153 e. The van der Waals surface area contributed by atoms with Gasteiger partial charge in [-0.15, -0.1) is 0 Å². The van der Waals surface area contributed by atoms with Crippen LogP contribution in [0.1, 0.15) is 48.9 Å². The first kappa shape index (κ1) is 18.5. The van der Waals surface area contributed by atoms with E-state index in [4.69, 9.17) is 0 Å². The molecule has 3 aromatic rings. The summed E-state index contributed by atoms with van der Waals surface area (Å²) in [6, 6.07) is 5.54. The van der Waals surface area contributed by atoms with Gasteiger partial charge in [-0.2, -0.15) is 5.10 Å². The van der Waals surface area contributed by atoms with Gasteiger partial charge in [-0.25, -0.2) is 18.7 Å². The van der Waals surface area contributed by atoms with E-state index in [-0.39, 0.29) is 6.04 Å². The van der Waals surface area contributed by atoms with Crippen molar-refractivity contribution in [3.63, 3.8) is 0 Å². The van der Waals surface area contributed by atoms with Crippen LogP contribution in [0, 0.1) is 11.6 Å². The highest BCUT2D eigenvalue weighted by Crippen LogP contribution is 2.42. The van der Waals surface area contributed by atoms with Crippen molar-refractivity contribution in [1.29, 1.82) is 0 Å². The number of hydrogen-bond acceptors (Lipinski definition) is 5. The summed E-state index contributed by atoms with van der Waals surface area (Å²) in [5.41, 5.74) is 1.61. The quantitative estimate of drug-likeness (QED) is 0.547. The van der Waals surface area contributed by atoms with Gasteiger partial charge in [-0.3, -0.25) is 5.10 Å². The predicted molar refractivity (Wildman–Crippen MR) is 109 cm³/mol. The highest BCUT2D eigenvalue weighted by molar-refractivity contribution is 9.10. The second-order valence-electron chi connectivity index (χ2n) is 7.48. The molecule has 1 aliphatic heterocycles. The van der Waals surface area contributed by atoms with Crippen molar-refractivity contribution in [2.45, 2.75) is 37.6 Å². The zero-order valence-corrected chi connectivity index (χ0v) is 17.1. The average Bonchev–Trinajstić information content (AvgIpc) is 3.25. The molecule has 1 saturated heterocycles. The van der Waals surface area contributed by atoms with Gasteiger partial charge >= 0.3 is 0 Å². The van der Waals surface area contributed by atoms with E-state index < -0.39 is 11.6 Å². The van der Waals surface area contributed by atoms with Crippen LogP contribution in [0.5, 0.6) is 0 Å². The largest absolute Gasteiger partial charge is 0.348 e. The van der Waals surface area contributed by atoms with Crippen LogP contribution in [0.15, 0.2) is 35.1 Å². The second-order valence-corrected chi connectivity index (χ2v) is 8.28. The second kappa shape index (κ2) is 7.37. The minimum atomic E-state index is -0.574. The topological polar surface area (TPSA) is 69.7 Å². The SMILES string of the molecule is Fc1ccc(C2CCCN2c2ncnc(Nc3cc(C4CC4)[nH]n3)c2Br)c(F)c1. The molecule has 0 amide bonds. The molecule has 150 valence electrons. The average molecular weight is 461 g/mol. The number of nitrogens with one attached hydrogen (secondary N) is 2. The third-order valence-corrected chi connectivity index (χ3v) is 6.21. The van der Waals surface area contributed by atoms with Crippen molar-refractivity contribution in [3.05, 3.63) is 58.0 Å². The van der Waals surface area contributed by atoms with Gasteiger partial charge in [0.05, 0.1) is 6.04 Å². The van der Waals surface area contributed by atoms with Crippen LogP contribution >= 0.6 is 15.9 Å². The van der Waals surface area contributed by atoms with Crippen molar-refractivity contribution < 1.29 is 8.78 Å². The van der Waals surface area contributed by atoms with E-state index in [0.29, 0.717) is 33.4 Å². The molecule has 0 spiro atoms. The molecule has 1 aromatic carbocycles. The van der Waals surface area contributed by atoms with Crippen LogP contribution in [-0.2, 0) is 0 Å². The number of anilines is 3. The molecule has 5 rings (SSSR count). The highest BCUT2D eigenvalue weighted by Gasteiger charge is 2.31. The fourth-order valence-corrected chi connectivity index (χ4v) is 4.42. The summed E-state index contributed by atoms with van der Waals surface area (Å²) in [6.45, 7) is 0.727. The zero-order valence-electron chi connectivity index (χ0n) is 15.5. The van der Waals surface area contributed by atoms with Gasteiger partial charge in [0.1, 0.15) is 28.3 Å². The molecular weight excluding hydrogens is 442 g/mol. The molecule has 1 saturated carbocycles. The van der Waals surface area contributed by atoms with Gasteiger partial charge in [0.15, 0.2) is 11.6 Å². The van der Waals surface area contributed by atoms with E-state index >= 15 is 0 Å². The molecule has 2 N–H and O–H groups in total. The summed E-state index contributed by atoms with van der Waals surface area (Å²) < 4.78 is 28.4. The normalized spacial score (nSPS) is 19.0. The van der Waals surface area contributed by atoms with Gasteiger partial charge in [-0.05, 0) is 47.7 Å². The number of benzene rings is 1. The molecule has 6 nitrogen and oxygen atoms in total. The lowest BCUT2D eigenvalue weighted by molar-refractivity contribution is 0.553. The van der Waals surface area contributed by atoms with E-state index in [1.54, 1.807) is 0 Å². The summed E-state index contributed by atoms with van der Waals surface area (Å²) in [7, 11) is 0. The number of hydrogen-bond donors (Lipinski definition) is 2. The van der Waals surface area contributed by atoms with E-state index in [1.165, 1.54) is 31.3 Å². The van der Waals surface area contributed by atoms with Crippen molar-refractivity contribution in [1.82, 2.24) is 20.2 Å². The highest BCUT2D eigenvalue weighted by atomic mass is 79.9. The molecule has 2 fully saturated rings. The summed E-state index contributed by atoms with van der Waals surface area (Å²) in [5, 5.41) is 10.6. The Morgan fingerprint density at radius 2 is 2.00 bits per heavy atom. The molecular formula is C20H19BrF2N6. The Morgan fingerprint density at radius 3 is 2.79 bits per heavy atom. The van der Waals surface area contributed by atoms with Crippen LogP contribution in [-0.4, -0.2) is 26.7 Å². The molecule has 29 heavy (non-hydrogen) atoms. The fraction of sp³-hybridized carbons (Fsp3) is 0.350. The maximum absolute atomic E-state index is 14.4. The van der Waals surface area contributed by atoms with Crippen molar-refractivity contribution in [3.8, 4) is 0 Å². The number of rotatable bonds is 5. The molecule has 9 heteroatoms. The Kier molecular flexibility index (Phi) is 4.69. The van der Waals surface area contributed by atoms with Crippen LogP contribution in [0.4, 0.5) is 26.2 Å². The lowest BCUT2D eigenvalue weighted by Crippen LogP contribution is -2.25. The first-order chi connectivity index (χ1) is 14.1. The number of aromatic nitrogens is 4. The minimum absolute atomic E-state index is 0.207. The van der Waals surface area contributed by atoms with E-state index in [0.717, 1.165) is 31.1 Å². The monoisotopic (exact) mass is 460 g/mol. The maximum Gasteiger partial charge on any atom is 0.153 e. The molecule has 2 aliphatic rings. The van der Waals surface area contributed by atoms with Crippen LogP contribution < -0.4 is 10.2 Å².